The van der Waals surface area contributed by atoms with Crippen LogP contribution in [0.4, 0.5) is 17.6 Å². The quantitative estimate of drug-likeness (QED) is 0.713. The topological polar surface area (TPSA) is 47.3 Å². The van der Waals surface area contributed by atoms with E-state index < -0.39 is 31.7 Å². The van der Waals surface area contributed by atoms with Crippen LogP contribution in [0.3, 0.4) is 0 Å². The second kappa shape index (κ2) is 7.74. The number of ether oxygens (including phenoxy) is 1. The van der Waals surface area contributed by atoms with Crippen molar-refractivity contribution in [3.8, 4) is 0 Å². The van der Waals surface area contributed by atoms with E-state index in [0.29, 0.717) is 5.69 Å². The zero-order valence-electron chi connectivity index (χ0n) is 12.0. The molecule has 0 aliphatic rings. The van der Waals surface area contributed by atoms with Crippen molar-refractivity contribution in [2.75, 3.05) is 13.2 Å². The normalized spacial score (nSPS) is 15.4. The highest BCUT2D eigenvalue weighted by atomic mass is 19.3. The fraction of sp³-hybridized carbons (Fsp3) is 0.769. The second-order valence-corrected chi connectivity index (χ2v) is 4.98. The Balaban J connectivity index is 2.37. The van der Waals surface area contributed by atoms with Crippen LogP contribution in [0, 0.1) is 0 Å². The van der Waals surface area contributed by atoms with Gasteiger partial charge < -0.3 is 9.84 Å². The summed E-state index contributed by atoms with van der Waals surface area (Å²) in [4.78, 5) is 0. The first-order valence-electron chi connectivity index (χ1n) is 6.72. The first-order chi connectivity index (χ1) is 9.76. The van der Waals surface area contributed by atoms with Crippen LogP contribution >= 0.6 is 0 Å². The van der Waals surface area contributed by atoms with Gasteiger partial charge in [0.15, 0.2) is 0 Å². The van der Waals surface area contributed by atoms with E-state index in [0.717, 1.165) is 6.42 Å². The predicted octanol–water partition coefficient (Wildman–Crippen LogP) is 2.67. The van der Waals surface area contributed by atoms with E-state index in [1.54, 1.807) is 16.9 Å². The summed E-state index contributed by atoms with van der Waals surface area (Å²) >= 11 is 0. The monoisotopic (exact) mass is 312 g/mol. The van der Waals surface area contributed by atoms with E-state index in [2.05, 4.69) is 9.84 Å². The molecule has 0 aliphatic carbocycles. The van der Waals surface area contributed by atoms with Gasteiger partial charge in [-0.05, 0) is 19.4 Å². The zero-order chi connectivity index (χ0) is 16.0. The van der Waals surface area contributed by atoms with Crippen LogP contribution in [0.25, 0.3) is 0 Å². The number of nitrogens with zero attached hydrogens (tertiary/aromatic N) is 2. The second-order valence-electron chi connectivity index (χ2n) is 4.98. The zero-order valence-corrected chi connectivity index (χ0v) is 12.0. The molecule has 2 atom stereocenters. The van der Waals surface area contributed by atoms with Crippen molar-refractivity contribution >= 4 is 0 Å². The standard InChI is InChI=1S/C13H20F4N2O2/c1-3-9(2)19-5-4-10(18-19)6-11(20)7-21-8-13(16,17)12(14)15/h4-5,9,11-12,20H,3,6-8H2,1-2H3. The van der Waals surface area contributed by atoms with Crippen LogP contribution < -0.4 is 0 Å². The first-order valence-corrected chi connectivity index (χ1v) is 6.72. The van der Waals surface area contributed by atoms with Crippen molar-refractivity contribution < 1.29 is 27.4 Å². The fourth-order valence-electron chi connectivity index (χ4n) is 1.61. The molecule has 0 amide bonds. The van der Waals surface area contributed by atoms with Crippen molar-refractivity contribution in [1.29, 1.82) is 0 Å². The van der Waals surface area contributed by atoms with Crippen LogP contribution in [0.2, 0.25) is 0 Å². The fourth-order valence-corrected chi connectivity index (χ4v) is 1.61. The average molecular weight is 312 g/mol. The van der Waals surface area contributed by atoms with Crippen molar-refractivity contribution in [1.82, 2.24) is 9.78 Å². The highest BCUT2D eigenvalue weighted by Crippen LogP contribution is 2.22. The maximum atomic E-state index is 12.6. The molecule has 0 radical (unpaired) electrons. The third kappa shape index (κ3) is 5.62. The Morgan fingerprint density at radius 3 is 2.67 bits per heavy atom. The molecule has 1 aromatic heterocycles. The number of alkyl halides is 4. The number of halogens is 4. The van der Waals surface area contributed by atoms with Gasteiger partial charge in [-0.3, -0.25) is 4.68 Å². The molecule has 0 saturated carbocycles. The molecule has 1 heterocycles. The summed E-state index contributed by atoms with van der Waals surface area (Å²) in [7, 11) is 0. The Morgan fingerprint density at radius 2 is 2.10 bits per heavy atom. The first kappa shape index (κ1) is 17.9. The molecule has 1 N–H and O–H groups in total. The molecule has 0 spiro atoms. The molecule has 0 aliphatic heterocycles. The summed E-state index contributed by atoms with van der Waals surface area (Å²) in [6.45, 7) is 2.14. The smallest absolute Gasteiger partial charge is 0.330 e. The average Bonchev–Trinajstić information content (AvgIpc) is 2.85. The highest BCUT2D eigenvalue weighted by Gasteiger charge is 2.41. The van der Waals surface area contributed by atoms with Gasteiger partial charge in [0.2, 0.25) is 0 Å². The lowest BCUT2D eigenvalue weighted by molar-refractivity contribution is -0.170. The molecule has 0 saturated heterocycles. The molecular formula is C13H20F4N2O2. The van der Waals surface area contributed by atoms with E-state index in [4.69, 9.17) is 0 Å². The molecule has 0 aromatic carbocycles. The van der Waals surface area contributed by atoms with Gasteiger partial charge in [-0.2, -0.15) is 13.9 Å². The van der Waals surface area contributed by atoms with Gasteiger partial charge in [0.1, 0.15) is 6.61 Å². The van der Waals surface area contributed by atoms with Crippen molar-refractivity contribution in [3.63, 3.8) is 0 Å². The Labute approximate surface area is 120 Å². The van der Waals surface area contributed by atoms with Crippen molar-refractivity contribution in [2.45, 2.75) is 51.2 Å². The minimum Gasteiger partial charge on any atom is -0.390 e. The Morgan fingerprint density at radius 1 is 1.43 bits per heavy atom. The molecule has 4 nitrogen and oxygen atoms in total. The third-order valence-electron chi connectivity index (χ3n) is 3.07. The molecule has 8 heteroatoms. The summed E-state index contributed by atoms with van der Waals surface area (Å²) in [5.74, 6) is -4.20. The van der Waals surface area contributed by atoms with Crippen LogP contribution in [-0.2, 0) is 11.2 Å². The van der Waals surface area contributed by atoms with E-state index in [1.807, 2.05) is 13.8 Å². The number of aliphatic hydroxyl groups is 1. The minimum atomic E-state index is -4.20. The lowest BCUT2D eigenvalue weighted by atomic mass is 10.2. The van der Waals surface area contributed by atoms with E-state index >= 15 is 0 Å². The molecule has 1 rings (SSSR count). The van der Waals surface area contributed by atoms with Gasteiger partial charge in [0.05, 0.1) is 18.4 Å². The Hall–Kier alpha value is -1.15. The minimum absolute atomic E-state index is 0.115. The lowest BCUT2D eigenvalue weighted by Gasteiger charge is -2.16. The maximum absolute atomic E-state index is 12.6. The highest BCUT2D eigenvalue weighted by molar-refractivity contribution is 5.01. The summed E-state index contributed by atoms with van der Waals surface area (Å²) in [6.07, 6.45) is -2.07. The van der Waals surface area contributed by atoms with Gasteiger partial charge in [-0.15, -0.1) is 0 Å². The maximum Gasteiger partial charge on any atom is 0.330 e. The van der Waals surface area contributed by atoms with Crippen LogP contribution in [0.15, 0.2) is 12.3 Å². The summed E-state index contributed by atoms with van der Waals surface area (Å²) < 4.78 is 55.1. The molecule has 2 unspecified atom stereocenters. The van der Waals surface area contributed by atoms with Gasteiger partial charge in [-0.1, -0.05) is 6.92 Å². The van der Waals surface area contributed by atoms with Crippen LogP contribution in [0.1, 0.15) is 32.0 Å². The molecule has 0 bridgehead atoms. The predicted molar refractivity (Wildman–Crippen MR) is 68.7 cm³/mol. The molecular weight excluding hydrogens is 292 g/mol. The molecule has 1 aromatic rings. The van der Waals surface area contributed by atoms with Gasteiger partial charge >= 0.3 is 12.3 Å². The molecule has 21 heavy (non-hydrogen) atoms. The lowest BCUT2D eigenvalue weighted by Crippen LogP contribution is -2.34. The molecule has 122 valence electrons. The van der Waals surface area contributed by atoms with E-state index in [9.17, 15) is 22.7 Å². The van der Waals surface area contributed by atoms with Gasteiger partial charge in [0, 0.05) is 18.7 Å². The third-order valence-corrected chi connectivity index (χ3v) is 3.07. The van der Waals surface area contributed by atoms with Crippen molar-refractivity contribution in [2.24, 2.45) is 0 Å². The SMILES string of the molecule is CCC(C)n1ccc(CC(O)COCC(F)(F)C(F)F)n1. The number of hydrogen-bond donors (Lipinski definition) is 1. The number of hydrogen-bond acceptors (Lipinski definition) is 3. The number of aliphatic hydroxyl groups excluding tert-OH is 1. The van der Waals surface area contributed by atoms with Crippen LogP contribution in [-0.4, -0.2) is 46.6 Å². The van der Waals surface area contributed by atoms with E-state index in [-0.39, 0.29) is 12.5 Å². The van der Waals surface area contributed by atoms with Gasteiger partial charge in [-0.25, -0.2) is 8.78 Å². The van der Waals surface area contributed by atoms with Gasteiger partial charge in [0.25, 0.3) is 0 Å². The Bertz CT molecular complexity index is 426. The number of aromatic nitrogens is 2. The molecule has 0 fully saturated rings. The number of rotatable bonds is 9. The Kier molecular flexibility index (Phi) is 6.60. The van der Waals surface area contributed by atoms with Crippen molar-refractivity contribution in [3.05, 3.63) is 18.0 Å². The largest absolute Gasteiger partial charge is 0.390 e. The summed E-state index contributed by atoms with van der Waals surface area (Å²) in [6, 6.07) is 1.93. The summed E-state index contributed by atoms with van der Waals surface area (Å²) in [5, 5.41) is 13.9. The van der Waals surface area contributed by atoms with Crippen LogP contribution in [0.5, 0.6) is 0 Å². The van der Waals surface area contributed by atoms with E-state index in [1.165, 1.54) is 0 Å². The summed E-state index contributed by atoms with van der Waals surface area (Å²) in [5.41, 5.74) is 0.590.